The van der Waals surface area contributed by atoms with Gasteiger partial charge in [-0.2, -0.15) is 0 Å². The molecule has 1 atom stereocenters. The van der Waals surface area contributed by atoms with Crippen molar-refractivity contribution in [2.24, 2.45) is 5.92 Å². The quantitative estimate of drug-likeness (QED) is 0.665. The van der Waals surface area contributed by atoms with Crippen molar-refractivity contribution >= 4 is 22.8 Å². The number of amides is 1. The number of aryl methyl sites for hydroxylation is 2. The molecule has 31 heavy (non-hydrogen) atoms. The topological polar surface area (TPSA) is 67.2 Å². The molecule has 4 rings (SSSR count). The van der Waals surface area contributed by atoms with Gasteiger partial charge in [0.1, 0.15) is 0 Å². The second-order valence-electron chi connectivity index (χ2n) is 8.15. The number of nitrogens with one attached hydrogen (secondary N) is 1. The summed E-state index contributed by atoms with van der Waals surface area (Å²) in [6, 6.07) is 16.1. The van der Waals surface area contributed by atoms with Gasteiger partial charge in [-0.15, -0.1) is 0 Å². The molecule has 1 N–H and O–H groups in total. The van der Waals surface area contributed by atoms with E-state index >= 15 is 0 Å². The number of rotatable bonds is 6. The Morgan fingerprint density at radius 2 is 1.84 bits per heavy atom. The number of fused-ring (bicyclic) bond motifs is 1. The summed E-state index contributed by atoms with van der Waals surface area (Å²) in [6.07, 6.45) is 2.70. The van der Waals surface area contributed by atoms with Crippen LogP contribution in [0.1, 0.15) is 37.8 Å². The third kappa shape index (κ3) is 4.48. The Balaban J connectivity index is 1.48. The van der Waals surface area contributed by atoms with Crippen LogP contribution < -0.4 is 15.8 Å². The van der Waals surface area contributed by atoms with Crippen LogP contribution in [-0.2, 0) is 24.3 Å². The average Bonchev–Trinajstić information content (AvgIpc) is 2.82. The molecule has 1 saturated heterocycles. The van der Waals surface area contributed by atoms with Crippen molar-refractivity contribution in [3.63, 3.8) is 0 Å². The first-order chi connectivity index (χ1) is 15.1. The number of anilines is 1. The molecule has 0 spiro atoms. The molecule has 1 amide bonds. The van der Waals surface area contributed by atoms with Gasteiger partial charge < -0.3 is 14.8 Å². The molecule has 1 aliphatic heterocycles. The standard InChI is InChI=1S/C25H30N4O2/c1-3-18-11-13-19(14-12-18)16-26-24(30)20-8-7-15-28(17-20)23-25(31)29(4-2)22-10-6-5-9-21(22)27-23/h5-6,9-14,20H,3-4,7-8,15-17H2,1-2H3,(H,26,30)/t20-/m1/s1. The number of hydrogen-bond donors (Lipinski definition) is 1. The third-order valence-corrected chi connectivity index (χ3v) is 6.14. The molecule has 0 aliphatic carbocycles. The van der Waals surface area contributed by atoms with Crippen LogP contribution >= 0.6 is 0 Å². The fraction of sp³-hybridized carbons (Fsp3) is 0.400. The zero-order valence-corrected chi connectivity index (χ0v) is 18.3. The third-order valence-electron chi connectivity index (χ3n) is 6.14. The molecule has 2 heterocycles. The van der Waals surface area contributed by atoms with Crippen LogP contribution in [0.5, 0.6) is 0 Å². The van der Waals surface area contributed by atoms with Gasteiger partial charge >= 0.3 is 0 Å². The van der Waals surface area contributed by atoms with Crippen molar-refractivity contribution in [3.8, 4) is 0 Å². The highest BCUT2D eigenvalue weighted by Crippen LogP contribution is 2.22. The van der Waals surface area contributed by atoms with Gasteiger partial charge in [-0.05, 0) is 49.4 Å². The summed E-state index contributed by atoms with van der Waals surface area (Å²) in [5.41, 5.74) is 3.96. The van der Waals surface area contributed by atoms with E-state index in [-0.39, 0.29) is 17.4 Å². The average molecular weight is 419 g/mol. The number of para-hydroxylation sites is 2. The Bertz CT molecular complexity index is 1120. The minimum Gasteiger partial charge on any atom is -0.352 e. The molecular weight excluding hydrogens is 388 g/mol. The van der Waals surface area contributed by atoms with E-state index in [0.717, 1.165) is 42.4 Å². The van der Waals surface area contributed by atoms with E-state index in [1.165, 1.54) is 5.56 Å². The van der Waals surface area contributed by atoms with E-state index < -0.39 is 0 Å². The first-order valence-corrected chi connectivity index (χ1v) is 11.2. The van der Waals surface area contributed by atoms with E-state index in [4.69, 9.17) is 0 Å². The van der Waals surface area contributed by atoms with Crippen LogP contribution in [0.2, 0.25) is 0 Å². The number of carbonyl (C=O) groups is 1. The lowest BCUT2D eigenvalue weighted by molar-refractivity contribution is -0.125. The number of piperidine rings is 1. The minimum absolute atomic E-state index is 0.0425. The van der Waals surface area contributed by atoms with E-state index in [0.29, 0.717) is 25.5 Å². The first-order valence-electron chi connectivity index (χ1n) is 11.2. The zero-order chi connectivity index (χ0) is 21.8. The van der Waals surface area contributed by atoms with Crippen molar-refractivity contribution in [3.05, 3.63) is 70.0 Å². The van der Waals surface area contributed by atoms with Gasteiger partial charge in [-0.3, -0.25) is 9.59 Å². The van der Waals surface area contributed by atoms with Crippen LogP contribution in [0.3, 0.4) is 0 Å². The van der Waals surface area contributed by atoms with Crippen molar-refractivity contribution in [1.82, 2.24) is 14.9 Å². The van der Waals surface area contributed by atoms with E-state index in [1.807, 2.05) is 36.1 Å². The van der Waals surface area contributed by atoms with Crippen LogP contribution in [0.25, 0.3) is 11.0 Å². The van der Waals surface area contributed by atoms with Gasteiger partial charge in [0.05, 0.1) is 17.0 Å². The van der Waals surface area contributed by atoms with Crippen LogP contribution in [-0.4, -0.2) is 28.5 Å². The second kappa shape index (κ2) is 9.33. The zero-order valence-electron chi connectivity index (χ0n) is 18.3. The Kier molecular flexibility index (Phi) is 6.35. The lowest BCUT2D eigenvalue weighted by atomic mass is 9.97. The maximum absolute atomic E-state index is 13.1. The summed E-state index contributed by atoms with van der Waals surface area (Å²) >= 11 is 0. The summed E-state index contributed by atoms with van der Waals surface area (Å²) in [4.78, 5) is 32.6. The lowest BCUT2D eigenvalue weighted by Crippen LogP contribution is -2.45. The molecule has 3 aromatic rings. The first kappa shape index (κ1) is 21.1. The van der Waals surface area contributed by atoms with Crippen molar-refractivity contribution in [2.75, 3.05) is 18.0 Å². The van der Waals surface area contributed by atoms with Crippen LogP contribution in [0, 0.1) is 5.92 Å². The highest BCUT2D eigenvalue weighted by Gasteiger charge is 2.28. The van der Waals surface area contributed by atoms with Gasteiger partial charge in [0.25, 0.3) is 5.56 Å². The van der Waals surface area contributed by atoms with E-state index in [9.17, 15) is 9.59 Å². The molecule has 1 fully saturated rings. The van der Waals surface area contributed by atoms with Gasteiger partial charge in [0, 0.05) is 26.2 Å². The number of aromatic nitrogens is 2. The normalized spacial score (nSPS) is 16.5. The summed E-state index contributed by atoms with van der Waals surface area (Å²) in [7, 11) is 0. The summed E-state index contributed by atoms with van der Waals surface area (Å²) in [5.74, 6) is 0.348. The van der Waals surface area contributed by atoms with Gasteiger partial charge in [-0.1, -0.05) is 43.3 Å². The molecule has 0 bridgehead atoms. The molecule has 0 radical (unpaired) electrons. The Labute approximate surface area is 182 Å². The number of hydrogen-bond acceptors (Lipinski definition) is 4. The minimum atomic E-state index is -0.147. The highest BCUT2D eigenvalue weighted by atomic mass is 16.2. The number of benzene rings is 2. The molecule has 0 unspecified atom stereocenters. The molecule has 162 valence electrons. The summed E-state index contributed by atoms with van der Waals surface area (Å²) in [5, 5.41) is 3.08. The summed E-state index contributed by atoms with van der Waals surface area (Å²) in [6.45, 7) is 6.47. The van der Waals surface area contributed by atoms with Crippen LogP contribution in [0.15, 0.2) is 53.3 Å². The highest BCUT2D eigenvalue weighted by molar-refractivity contribution is 5.80. The van der Waals surface area contributed by atoms with Crippen LogP contribution in [0.4, 0.5) is 5.82 Å². The predicted octanol–water partition coefficient (Wildman–Crippen LogP) is 3.51. The second-order valence-corrected chi connectivity index (χ2v) is 8.15. The number of carbonyl (C=O) groups excluding carboxylic acids is 1. The maximum Gasteiger partial charge on any atom is 0.293 e. The lowest BCUT2D eigenvalue weighted by Gasteiger charge is -2.32. The maximum atomic E-state index is 13.1. The molecule has 1 aliphatic rings. The molecular formula is C25H30N4O2. The van der Waals surface area contributed by atoms with Crippen molar-refractivity contribution in [2.45, 2.75) is 46.2 Å². The molecule has 6 nitrogen and oxygen atoms in total. The molecule has 6 heteroatoms. The van der Waals surface area contributed by atoms with Crippen molar-refractivity contribution in [1.29, 1.82) is 0 Å². The monoisotopic (exact) mass is 418 g/mol. The van der Waals surface area contributed by atoms with Gasteiger partial charge in [0.2, 0.25) is 5.91 Å². The molecule has 2 aromatic carbocycles. The SMILES string of the molecule is CCc1ccc(CNC(=O)[C@@H]2CCCN(c3nc4ccccc4n(CC)c3=O)C2)cc1. The van der Waals surface area contributed by atoms with E-state index in [1.54, 1.807) is 4.57 Å². The Hall–Kier alpha value is -3.15. The largest absolute Gasteiger partial charge is 0.352 e. The Morgan fingerprint density at radius 3 is 2.58 bits per heavy atom. The molecule has 1 aromatic heterocycles. The smallest absolute Gasteiger partial charge is 0.293 e. The predicted molar refractivity (Wildman–Crippen MR) is 124 cm³/mol. The molecule has 0 saturated carbocycles. The fourth-order valence-corrected chi connectivity index (χ4v) is 4.31. The van der Waals surface area contributed by atoms with Gasteiger partial charge in [-0.25, -0.2) is 4.98 Å². The fourth-order valence-electron chi connectivity index (χ4n) is 4.31. The summed E-state index contributed by atoms with van der Waals surface area (Å²) < 4.78 is 1.77. The Morgan fingerprint density at radius 1 is 1.10 bits per heavy atom. The van der Waals surface area contributed by atoms with Gasteiger partial charge in [0.15, 0.2) is 5.82 Å². The number of nitrogens with zero attached hydrogens (tertiary/aromatic N) is 3. The van der Waals surface area contributed by atoms with E-state index in [2.05, 4.69) is 41.5 Å². The van der Waals surface area contributed by atoms with Crippen molar-refractivity contribution < 1.29 is 4.79 Å².